The molecule has 0 aliphatic rings. The van der Waals surface area contributed by atoms with E-state index in [0.717, 1.165) is 27.7 Å². The predicted molar refractivity (Wildman–Crippen MR) is 116 cm³/mol. The second kappa shape index (κ2) is 8.51. The van der Waals surface area contributed by atoms with Crippen LogP contribution in [0.1, 0.15) is 11.1 Å². The summed E-state index contributed by atoms with van der Waals surface area (Å²) in [7, 11) is 0. The molecule has 0 aliphatic carbocycles. The fourth-order valence-corrected chi connectivity index (χ4v) is 4.04. The van der Waals surface area contributed by atoms with Crippen LogP contribution in [0.5, 0.6) is 0 Å². The van der Waals surface area contributed by atoms with Gasteiger partial charge in [0, 0.05) is 29.1 Å². The molecule has 1 heterocycles. The predicted octanol–water partition coefficient (Wildman–Crippen LogP) is 6.19. The maximum atomic E-state index is 13.2. The van der Waals surface area contributed by atoms with Crippen molar-refractivity contribution in [2.75, 3.05) is 0 Å². The van der Waals surface area contributed by atoms with Crippen LogP contribution in [0.15, 0.2) is 84.1 Å². The van der Waals surface area contributed by atoms with Gasteiger partial charge in [-0.2, -0.15) is 0 Å². The van der Waals surface area contributed by atoms with E-state index in [1.807, 2.05) is 41.8 Å². The zero-order valence-electron chi connectivity index (χ0n) is 16.2. The Hall–Kier alpha value is -3.45. The molecular formula is C23H18FN3O2S. The van der Waals surface area contributed by atoms with Crippen LogP contribution in [-0.4, -0.2) is 14.5 Å². The van der Waals surface area contributed by atoms with Gasteiger partial charge in [-0.1, -0.05) is 53.7 Å². The Morgan fingerprint density at radius 1 is 1.07 bits per heavy atom. The van der Waals surface area contributed by atoms with Crippen LogP contribution in [0.3, 0.4) is 0 Å². The number of aromatic nitrogens is 2. The highest BCUT2D eigenvalue weighted by Gasteiger charge is 2.16. The lowest BCUT2D eigenvalue weighted by Gasteiger charge is -2.12. The Morgan fingerprint density at radius 3 is 2.50 bits per heavy atom. The van der Waals surface area contributed by atoms with Crippen LogP contribution in [-0.2, 0) is 5.75 Å². The highest BCUT2D eigenvalue weighted by molar-refractivity contribution is 7.98. The second-order valence-corrected chi connectivity index (χ2v) is 7.76. The summed E-state index contributed by atoms with van der Waals surface area (Å²) in [6.45, 7) is 2.02. The average molecular weight is 419 g/mol. The maximum absolute atomic E-state index is 13.2. The summed E-state index contributed by atoms with van der Waals surface area (Å²) in [6, 6.07) is 21.0. The highest BCUT2D eigenvalue weighted by atomic mass is 32.2. The van der Waals surface area contributed by atoms with Crippen LogP contribution < -0.4 is 0 Å². The summed E-state index contributed by atoms with van der Waals surface area (Å²) < 4.78 is 15.2. The standard InChI is InChI=1S/C23H18FN3O2S/c1-16-5-11-20(12-6-16)26-22(18-3-2-4-21(13-18)27(28)29)14-25-23(26)30-15-17-7-9-19(24)10-8-17/h2-14H,15H2,1H3. The molecule has 5 nitrogen and oxygen atoms in total. The first kappa shape index (κ1) is 19.8. The first-order valence-corrected chi connectivity index (χ1v) is 10.3. The van der Waals surface area contributed by atoms with E-state index < -0.39 is 4.92 Å². The summed E-state index contributed by atoms with van der Waals surface area (Å²) in [5.74, 6) is 0.357. The van der Waals surface area contributed by atoms with Gasteiger partial charge in [0.2, 0.25) is 0 Å². The van der Waals surface area contributed by atoms with Gasteiger partial charge in [0.1, 0.15) is 5.82 Å². The van der Waals surface area contributed by atoms with Crippen LogP contribution in [0.25, 0.3) is 16.9 Å². The molecule has 3 aromatic carbocycles. The van der Waals surface area contributed by atoms with Crippen LogP contribution >= 0.6 is 11.8 Å². The topological polar surface area (TPSA) is 61.0 Å². The molecule has 150 valence electrons. The maximum Gasteiger partial charge on any atom is 0.270 e. The van der Waals surface area contributed by atoms with Gasteiger partial charge in [0.05, 0.1) is 16.8 Å². The summed E-state index contributed by atoms with van der Waals surface area (Å²) in [5, 5.41) is 12.0. The van der Waals surface area contributed by atoms with E-state index in [-0.39, 0.29) is 11.5 Å². The fraction of sp³-hybridized carbons (Fsp3) is 0.0870. The summed E-state index contributed by atoms with van der Waals surface area (Å²) in [4.78, 5) is 15.4. The lowest BCUT2D eigenvalue weighted by atomic mass is 10.1. The second-order valence-electron chi connectivity index (χ2n) is 6.82. The summed E-state index contributed by atoms with van der Waals surface area (Å²) >= 11 is 1.53. The number of aryl methyl sites for hydroxylation is 1. The molecule has 0 N–H and O–H groups in total. The molecule has 0 saturated carbocycles. The number of halogens is 1. The monoisotopic (exact) mass is 419 g/mol. The van der Waals surface area contributed by atoms with Crippen molar-refractivity contribution in [3.05, 3.63) is 106 Å². The van der Waals surface area contributed by atoms with Gasteiger partial charge < -0.3 is 0 Å². The van der Waals surface area contributed by atoms with Crippen molar-refractivity contribution < 1.29 is 9.31 Å². The highest BCUT2D eigenvalue weighted by Crippen LogP contribution is 2.32. The molecule has 4 aromatic rings. The van der Waals surface area contributed by atoms with Gasteiger partial charge in [-0.25, -0.2) is 9.37 Å². The summed E-state index contributed by atoms with van der Waals surface area (Å²) in [5.41, 5.74) is 4.55. The Balaban J connectivity index is 1.75. The molecule has 1 aromatic heterocycles. The number of nitro benzene ring substituents is 1. The van der Waals surface area contributed by atoms with Crippen LogP contribution in [0, 0.1) is 22.9 Å². The number of benzene rings is 3. The Kier molecular flexibility index (Phi) is 5.63. The van der Waals surface area contributed by atoms with Gasteiger partial charge in [-0.05, 0) is 36.8 Å². The Morgan fingerprint density at radius 2 is 1.80 bits per heavy atom. The molecular weight excluding hydrogens is 401 g/mol. The van der Waals surface area contributed by atoms with E-state index in [4.69, 9.17) is 0 Å². The molecule has 0 atom stereocenters. The quantitative estimate of drug-likeness (QED) is 0.212. The number of imidazole rings is 1. The molecule has 0 aliphatic heterocycles. The third-order valence-electron chi connectivity index (χ3n) is 4.66. The van der Waals surface area contributed by atoms with Crippen molar-refractivity contribution in [2.24, 2.45) is 0 Å². The molecule has 0 radical (unpaired) electrons. The van der Waals surface area contributed by atoms with Gasteiger partial charge in [0.25, 0.3) is 5.69 Å². The molecule has 4 rings (SSSR count). The number of non-ortho nitro benzene ring substituents is 1. The normalized spacial score (nSPS) is 10.9. The molecule has 0 amide bonds. The molecule has 0 saturated heterocycles. The van der Waals surface area contributed by atoms with Gasteiger partial charge in [-0.3, -0.25) is 14.7 Å². The van der Waals surface area contributed by atoms with Crippen LogP contribution in [0.2, 0.25) is 0 Å². The third kappa shape index (κ3) is 4.26. The largest absolute Gasteiger partial charge is 0.287 e. The lowest BCUT2D eigenvalue weighted by molar-refractivity contribution is -0.384. The first-order valence-electron chi connectivity index (χ1n) is 9.28. The minimum Gasteiger partial charge on any atom is -0.287 e. The van der Waals surface area contributed by atoms with Crippen molar-refractivity contribution in [1.29, 1.82) is 0 Å². The van der Waals surface area contributed by atoms with E-state index in [2.05, 4.69) is 4.98 Å². The Bertz CT molecular complexity index is 1190. The van der Waals surface area contributed by atoms with E-state index in [1.165, 1.54) is 30.0 Å². The van der Waals surface area contributed by atoms with E-state index in [0.29, 0.717) is 11.3 Å². The third-order valence-corrected chi connectivity index (χ3v) is 5.68. The number of nitrogens with zero attached hydrogens (tertiary/aromatic N) is 3. The van der Waals surface area contributed by atoms with Crippen LogP contribution in [0.4, 0.5) is 10.1 Å². The van der Waals surface area contributed by atoms with Gasteiger partial charge >= 0.3 is 0 Å². The van der Waals surface area contributed by atoms with Crippen molar-refractivity contribution in [2.45, 2.75) is 17.8 Å². The average Bonchev–Trinajstić information content (AvgIpc) is 3.18. The molecule has 0 bridgehead atoms. The first-order chi connectivity index (χ1) is 14.5. The van der Waals surface area contributed by atoms with Crippen molar-refractivity contribution in [1.82, 2.24) is 9.55 Å². The van der Waals surface area contributed by atoms with Crippen molar-refractivity contribution >= 4 is 17.4 Å². The van der Waals surface area contributed by atoms with E-state index >= 15 is 0 Å². The molecule has 7 heteroatoms. The number of nitro groups is 1. The van der Waals surface area contributed by atoms with E-state index in [1.54, 1.807) is 30.5 Å². The summed E-state index contributed by atoms with van der Waals surface area (Å²) in [6.07, 6.45) is 1.73. The zero-order chi connectivity index (χ0) is 21.1. The minimum absolute atomic E-state index is 0.0321. The molecule has 30 heavy (non-hydrogen) atoms. The SMILES string of the molecule is Cc1ccc(-n2c(-c3cccc([N+](=O)[O-])c3)cnc2SCc2ccc(F)cc2)cc1. The number of rotatable bonds is 6. The fourth-order valence-electron chi connectivity index (χ4n) is 3.09. The van der Waals surface area contributed by atoms with E-state index in [9.17, 15) is 14.5 Å². The molecule has 0 spiro atoms. The number of thioether (sulfide) groups is 1. The van der Waals surface area contributed by atoms with Gasteiger partial charge in [-0.15, -0.1) is 0 Å². The van der Waals surface area contributed by atoms with Gasteiger partial charge in [0.15, 0.2) is 5.16 Å². The smallest absolute Gasteiger partial charge is 0.270 e. The number of hydrogen-bond donors (Lipinski definition) is 0. The molecule has 0 fully saturated rings. The van der Waals surface area contributed by atoms with Crippen molar-refractivity contribution in [3.63, 3.8) is 0 Å². The minimum atomic E-state index is -0.402. The molecule has 0 unspecified atom stereocenters. The van der Waals surface area contributed by atoms with Crippen molar-refractivity contribution in [3.8, 4) is 16.9 Å². The number of hydrogen-bond acceptors (Lipinski definition) is 4. The zero-order valence-corrected chi connectivity index (χ0v) is 17.0. The Labute approximate surface area is 177 Å². The lowest BCUT2D eigenvalue weighted by Crippen LogP contribution is -2.00.